The number of sulfonamides is 1. The summed E-state index contributed by atoms with van der Waals surface area (Å²) in [6.45, 7) is 3.73. The van der Waals surface area contributed by atoms with Crippen molar-refractivity contribution in [3.63, 3.8) is 0 Å². The molecular formula is C51H57ClF3N5O6S3. The number of rotatable bonds is 19. The number of carbonyl (C=O) groups excluding carboxylic acids is 1. The summed E-state index contributed by atoms with van der Waals surface area (Å²) in [5.74, 6) is -0.678. The highest BCUT2D eigenvalue weighted by atomic mass is 35.5. The third kappa shape index (κ3) is 12.5. The largest absolute Gasteiger partial charge is 0.501 e. The Morgan fingerprint density at radius 2 is 1.51 bits per heavy atom. The van der Waals surface area contributed by atoms with Crippen molar-refractivity contribution in [1.29, 1.82) is 0 Å². The number of alkyl halides is 3. The number of likely N-dealkylation sites (tertiary alicyclic amines) is 1. The molecule has 0 radical (unpaired) electrons. The summed E-state index contributed by atoms with van der Waals surface area (Å²) in [5, 5.41) is 18.8. The predicted octanol–water partition coefficient (Wildman–Crippen LogP) is 9.94. The lowest BCUT2D eigenvalue weighted by Gasteiger charge is -2.36. The fraction of sp³-hybridized carbons (Fsp3) is 0.392. The van der Waals surface area contributed by atoms with Gasteiger partial charge in [-0.05, 0) is 141 Å². The molecule has 18 heteroatoms. The van der Waals surface area contributed by atoms with Crippen LogP contribution in [0.3, 0.4) is 0 Å². The number of hydrogen-bond donors (Lipinski definition) is 4. The average molecular weight is 1020 g/mol. The van der Waals surface area contributed by atoms with Crippen molar-refractivity contribution in [2.24, 2.45) is 5.92 Å². The summed E-state index contributed by atoms with van der Waals surface area (Å²) < 4.78 is 98.8. The highest BCUT2D eigenvalue weighted by Gasteiger charge is 2.48. The molecule has 3 atom stereocenters. The van der Waals surface area contributed by atoms with E-state index in [0.717, 1.165) is 84.7 Å². The fourth-order valence-electron chi connectivity index (χ4n) is 9.49. The Labute approximate surface area is 412 Å². The van der Waals surface area contributed by atoms with Crippen molar-refractivity contribution < 1.29 is 39.9 Å². The number of benzene rings is 5. The maximum Gasteiger partial charge on any atom is 0.501 e. The second kappa shape index (κ2) is 22.2. The second-order valence-electron chi connectivity index (χ2n) is 18.1. The van der Waals surface area contributed by atoms with Crippen molar-refractivity contribution in [1.82, 2.24) is 14.9 Å². The Morgan fingerprint density at radius 3 is 2.19 bits per heavy atom. The first-order chi connectivity index (χ1) is 33.1. The minimum atomic E-state index is -6.08. The van der Waals surface area contributed by atoms with Gasteiger partial charge in [-0.1, -0.05) is 72.6 Å². The molecule has 0 aromatic heterocycles. The van der Waals surface area contributed by atoms with Crippen molar-refractivity contribution in [2.75, 3.05) is 48.7 Å². The third-order valence-corrected chi connectivity index (χ3v) is 17.8. The van der Waals surface area contributed by atoms with Crippen LogP contribution in [-0.2, 0) is 19.9 Å². The first-order valence-corrected chi connectivity index (χ1v) is 27.7. The number of piperidine rings is 1. The molecule has 69 heavy (non-hydrogen) atoms. The first-order valence-electron chi connectivity index (χ1n) is 23.4. The molecule has 2 saturated heterocycles. The van der Waals surface area contributed by atoms with E-state index >= 15 is 0 Å². The molecule has 11 nitrogen and oxygen atoms in total. The van der Waals surface area contributed by atoms with Crippen LogP contribution in [0.1, 0.15) is 73.4 Å². The molecule has 0 spiro atoms. The summed E-state index contributed by atoms with van der Waals surface area (Å²) >= 11 is 7.59. The SMILES string of the molecule is O=C(NS(=O)(=O)c1ccc(N[C@@H](CSc2ccccc2)C[C@@H]2CCCN2CCNC2CCC2)c(S(=O)(=O)C(F)(F)F)c1)c1ccc(N2CCC([C@@H](O)c3ccccc3-c3ccc(Cl)cc3)CC2)cc1. The molecule has 1 aliphatic carbocycles. The quantitative estimate of drug-likeness (QED) is 0.0586. The van der Waals surface area contributed by atoms with Crippen LogP contribution in [0.4, 0.5) is 24.5 Å². The van der Waals surface area contributed by atoms with Gasteiger partial charge < -0.3 is 20.6 Å². The van der Waals surface area contributed by atoms with Crippen molar-refractivity contribution in [2.45, 2.75) is 95.8 Å². The number of aliphatic hydroxyl groups is 1. The third-order valence-electron chi connectivity index (χ3n) is 13.5. The highest BCUT2D eigenvalue weighted by Crippen LogP contribution is 2.39. The van der Waals surface area contributed by atoms with Crippen molar-refractivity contribution in [3.8, 4) is 11.1 Å². The van der Waals surface area contributed by atoms with Crippen LogP contribution in [-0.4, -0.2) is 94.9 Å². The summed E-state index contributed by atoms with van der Waals surface area (Å²) in [5.41, 5.74) is -2.68. The van der Waals surface area contributed by atoms with Gasteiger partial charge in [0.1, 0.15) is 4.90 Å². The summed E-state index contributed by atoms with van der Waals surface area (Å²) in [7, 11) is -11.0. The van der Waals surface area contributed by atoms with E-state index in [9.17, 15) is 39.9 Å². The van der Waals surface area contributed by atoms with E-state index in [0.29, 0.717) is 55.2 Å². The van der Waals surface area contributed by atoms with Crippen LogP contribution in [0.5, 0.6) is 0 Å². The van der Waals surface area contributed by atoms with E-state index in [1.807, 2.05) is 83.6 Å². The molecule has 2 aliphatic heterocycles. The molecule has 3 aliphatic rings. The molecule has 1 saturated carbocycles. The van der Waals surface area contributed by atoms with E-state index in [1.165, 1.54) is 30.3 Å². The molecule has 8 rings (SSSR count). The smallest absolute Gasteiger partial charge is 0.388 e. The molecule has 0 bridgehead atoms. The number of thioether (sulfide) groups is 1. The van der Waals surface area contributed by atoms with Crippen LogP contribution in [0.15, 0.2) is 136 Å². The zero-order valence-corrected chi connectivity index (χ0v) is 41.2. The summed E-state index contributed by atoms with van der Waals surface area (Å²) in [6, 6.07) is 33.6. The number of amides is 1. The number of halogens is 4. The number of sulfone groups is 1. The zero-order chi connectivity index (χ0) is 48.8. The highest BCUT2D eigenvalue weighted by molar-refractivity contribution is 7.99. The Hall–Kier alpha value is -4.62. The molecular weight excluding hydrogens is 967 g/mol. The number of aliphatic hydroxyl groups excluding tert-OH is 1. The monoisotopic (exact) mass is 1020 g/mol. The number of hydrogen-bond acceptors (Lipinski definition) is 11. The zero-order valence-electron chi connectivity index (χ0n) is 38.0. The van der Waals surface area contributed by atoms with E-state index < -0.39 is 53.2 Å². The van der Waals surface area contributed by atoms with Gasteiger partial charge in [0.05, 0.1) is 16.7 Å². The van der Waals surface area contributed by atoms with Crippen LogP contribution in [0.2, 0.25) is 5.02 Å². The Balaban J connectivity index is 0.941. The number of anilines is 2. The Bertz CT molecular complexity index is 2760. The predicted molar refractivity (Wildman–Crippen MR) is 267 cm³/mol. The fourth-order valence-corrected chi connectivity index (χ4v) is 12.6. The Morgan fingerprint density at radius 1 is 0.812 bits per heavy atom. The Kier molecular flexibility index (Phi) is 16.3. The second-order valence-corrected chi connectivity index (χ2v) is 23.2. The number of nitrogens with zero attached hydrogens (tertiary/aromatic N) is 2. The van der Waals surface area contributed by atoms with E-state index in [1.54, 1.807) is 12.1 Å². The molecule has 5 aromatic rings. The number of carbonyl (C=O) groups is 1. The van der Waals surface area contributed by atoms with Gasteiger partial charge in [-0.3, -0.25) is 9.69 Å². The van der Waals surface area contributed by atoms with Crippen molar-refractivity contribution in [3.05, 3.63) is 137 Å². The maximum absolute atomic E-state index is 14.4. The molecule has 3 fully saturated rings. The van der Waals surface area contributed by atoms with Crippen LogP contribution < -0.4 is 20.3 Å². The maximum atomic E-state index is 14.4. The van der Waals surface area contributed by atoms with Crippen LogP contribution >= 0.6 is 23.4 Å². The minimum Gasteiger partial charge on any atom is -0.388 e. The first kappa shape index (κ1) is 50.8. The average Bonchev–Trinajstić information content (AvgIpc) is 3.77. The van der Waals surface area contributed by atoms with E-state index in [2.05, 4.69) is 20.4 Å². The van der Waals surface area contributed by atoms with Gasteiger partial charge in [0.25, 0.3) is 25.8 Å². The summed E-state index contributed by atoms with van der Waals surface area (Å²) in [6.07, 6.45) is 6.54. The molecule has 4 N–H and O–H groups in total. The summed E-state index contributed by atoms with van der Waals surface area (Å²) in [4.78, 5) is 16.7. The number of nitrogens with one attached hydrogen (secondary N) is 3. The molecule has 2 heterocycles. The van der Waals surface area contributed by atoms with Gasteiger partial charge >= 0.3 is 5.51 Å². The molecule has 368 valence electrons. The van der Waals surface area contributed by atoms with Crippen LogP contribution in [0.25, 0.3) is 11.1 Å². The van der Waals surface area contributed by atoms with E-state index in [-0.39, 0.29) is 23.2 Å². The molecule has 5 aromatic carbocycles. The minimum absolute atomic E-state index is 0.0157. The topological polar surface area (TPSA) is 148 Å². The van der Waals surface area contributed by atoms with Crippen LogP contribution in [0, 0.1) is 5.92 Å². The van der Waals surface area contributed by atoms with Gasteiger partial charge in [0.2, 0.25) is 0 Å². The molecule has 1 amide bonds. The van der Waals surface area contributed by atoms with Crippen molar-refractivity contribution >= 4 is 60.5 Å². The lowest BCUT2D eigenvalue weighted by Crippen LogP contribution is -2.43. The van der Waals surface area contributed by atoms with E-state index in [4.69, 9.17) is 11.6 Å². The molecule has 0 unspecified atom stereocenters. The van der Waals surface area contributed by atoms with Gasteiger partial charge in [0.15, 0.2) is 0 Å². The standard InChI is InChI=1S/C51H57ClF3N5O6S3/c52-38-19-15-35(16-20-38)45-13-4-5-14-46(45)49(61)36-25-29-60(30-26-36)41-21-17-37(18-22-41)50(62)58-69(65,66)44-23-24-47(48(33-44)68(63,64)51(53,54)55)57-40(34-67-43-11-2-1-3-12-43)32-42-10-7-28-59(42)31-27-56-39-8-6-9-39/h1-5,11-24,33,36,39-40,42,49,56-57,61H,6-10,25-32,34H2,(H,58,62)/t40-,42+,49-/m1/s1. The van der Waals surface area contributed by atoms with Gasteiger partial charge in [0, 0.05) is 71.2 Å². The van der Waals surface area contributed by atoms with Gasteiger partial charge in [-0.25, -0.2) is 21.6 Å². The normalized spacial score (nSPS) is 18.4. The lowest BCUT2D eigenvalue weighted by atomic mass is 9.84. The van der Waals surface area contributed by atoms with Gasteiger partial charge in [-0.15, -0.1) is 11.8 Å². The van der Waals surface area contributed by atoms with Gasteiger partial charge in [-0.2, -0.15) is 13.2 Å². The lowest BCUT2D eigenvalue weighted by molar-refractivity contribution is -0.0435.